The Kier molecular flexibility index (Phi) is 5.57. The Morgan fingerprint density at radius 1 is 0.600 bits per heavy atom. The molecule has 0 amide bonds. The molecule has 0 N–H and O–H groups in total. The van der Waals surface area contributed by atoms with Gasteiger partial charge >= 0.3 is 6.18 Å². The van der Waals surface area contributed by atoms with Crippen molar-refractivity contribution in [1.29, 1.82) is 0 Å². The van der Waals surface area contributed by atoms with Gasteiger partial charge in [0.2, 0.25) is 0 Å². The lowest BCUT2D eigenvalue weighted by atomic mass is 9.82. The Balaban J connectivity index is 2.38. The third kappa shape index (κ3) is 4.28. The van der Waals surface area contributed by atoms with Gasteiger partial charge in [0.25, 0.3) is 0 Å². The van der Waals surface area contributed by atoms with Crippen molar-refractivity contribution < 1.29 is 17.6 Å². The van der Waals surface area contributed by atoms with Gasteiger partial charge in [0.1, 0.15) is 5.82 Å². The van der Waals surface area contributed by atoms with Crippen LogP contribution in [-0.2, 0) is 11.6 Å². The van der Waals surface area contributed by atoms with Gasteiger partial charge in [-0.25, -0.2) is 4.39 Å². The molecule has 3 rings (SSSR count). The average molecular weight is 414 g/mol. The molecule has 0 aliphatic heterocycles. The second-order valence-electron chi connectivity index (χ2n) is 8.93. The van der Waals surface area contributed by atoms with Crippen molar-refractivity contribution in [2.24, 2.45) is 0 Å². The molecule has 0 heterocycles. The van der Waals surface area contributed by atoms with E-state index in [2.05, 4.69) is 20.8 Å². The summed E-state index contributed by atoms with van der Waals surface area (Å²) in [6, 6.07) is 12.5. The van der Waals surface area contributed by atoms with E-state index in [1.165, 1.54) is 18.2 Å². The number of rotatable bonds is 2. The first kappa shape index (κ1) is 22.1. The number of hydrogen-bond acceptors (Lipinski definition) is 0. The highest BCUT2D eigenvalue weighted by atomic mass is 19.4. The molecule has 4 heteroatoms. The Morgan fingerprint density at radius 2 is 1.07 bits per heavy atom. The van der Waals surface area contributed by atoms with E-state index in [1.807, 2.05) is 25.1 Å². The van der Waals surface area contributed by atoms with Crippen LogP contribution < -0.4 is 0 Å². The Morgan fingerprint density at radius 3 is 1.57 bits per heavy atom. The molecule has 0 radical (unpaired) electrons. The lowest BCUT2D eigenvalue weighted by Crippen LogP contribution is -2.11. The lowest BCUT2D eigenvalue weighted by molar-refractivity contribution is -0.137. The third-order valence-electron chi connectivity index (χ3n) is 5.62. The molecule has 0 unspecified atom stereocenters. The maximum atomic E-state index is 13.9. The normalized spacial score (nSPS) is 12.3. The quantitative estimate of drug-likeness (QED) is 0.369. The summed E-state index contributed by atoms with van der Waals surface area (Å²) in [5.74, 6) is -0.472. The summed E-state index contributed by atoms with van der Waals surface area (Å²) in [5.41, 5.74) is 4.66. The molecule has 0 aliphatic rings. The lowest BCUT2D eigenvalue weighted by Gasteiger charge is -2.23. The monoisotopic (exact) mass is 414 g/mol. The molecule has 0 spiro atoms. The molecular formula is C26H26F4. The minimum atomic E-state index is -4.51. The van der Waals surface area contributed by atoms with Crippen molar-refractivity contribution in [3.63, 3.8) is 0 Å². The van der Waals surface area contributed by atoms with Crippen LogP contribution in [0, 0.1) is 26.6 Å². The zero-order valence-corrected chi connectivity index (χ0v) is 18.1. The van der Waals surface area contributed by atoms with Crippen LogP contribution in [0.15, 0.2) is 48.5 Å². The van der Waals surface area contributed by atoms with E-state index in [4.69, 9.17) is 0 Å². The predicted octanol–water partition coefficient (Wildman–Crippen LogP) is 8.40. The number of alkyl halides is 3. The van der Waals surface area contributed by atoms with E-state index in [9.17, 15) is 17.6 Å². The van der Waals surface area contributed by atoms with Gasteiger partial charge in [-0.15, -0.1) is 0 Å². The second kappa shape index (κ2) is 7.57. The SMILES string of the molecule is Cc1ccc(F)cc1-c1cc(C(F)(F)F)cc(-c2cc(C(C)(C)C)ccc2C)c1C. The zero-order chi connectivity index (χ0) is 22.4. The van der Waals surface area contributed by atoms with Gasteiger partial charge in [0, 0.05) is 0 Å². The van der Waals surface area contributed by atoms with E-state index < -0.39 is 17.6 Å². The average Bonchev–Trinajstić information content (AvgIpc) is 2.63. The molecule has 0 aromatic heterocycles. The molecule has 0 bridgehead atoms. The number of hydrogen-bond donors (Lipinski definition) is 0. The van der Waals surface area contributed by atoms with E-state index >= 15 is 0 Å². The third-order valence-corrected chi connectivity index (χ3v) is 5.62. The topological polar surface area (TPSA) is 0 Å². The van der Waals surface area contributed by atoms with Crippen molar-refractivity contribution >= 4 is 0 Å². The molecule has 30 heavy (non-hydrogen) atoms. The van der Waals surface area contributed by atoms with Gasteiger partial charge in [-0.1, -0.05) is 45.0 Å². The van der Waals surface area contributed by atoms with Crippen LogP contribution in [0.1, 0.15) is 48.6 Å². The molecule has 0 atom stereocenters. The first-order chi connectivity index (χ1) is 13.8. The Labute approximate surface area is 175 Å². The molecule has 3 aromatic carbocycles. The van der Waals surface area contributed by atoms with E-state index in [0.29, 0.717) is 22.3 Å². The largest absolute Gasteiger partial charge is 0.416 e. The van der Waals surface area contributed by atoms with Crippen molar-refractivity contribution in [1.82, 2.24) is 0 Å². The molecule has 158 valence electrons. The van der Waals surface area contributed by atoms with Crippen LogP contribution in [0.4, 0.5) is 17.6 Å². The number of halogens is 4. The first-order valence-electron chi connectivity index (χ1n) is 9.89. The summed E-state index contributed by atoms with van der Waals surface area (Å²) in [5, 5.41) is 0. The minimum absolute atomic E-state index is 0.139. The van der Waals surface area contributed by atoms with E-state index in [-0.39, 0.29) is 5.41 Å². The van der Waals surface area contributed by atoms with Gasteiger partial charge in [0.05, 0.1) is 5.56 Å². The molecule has 0 nitrogen and oxygen atoms in total. The van der Waals surface area contributed by atoms with Gasteiger partial charge in [0.15, 0.2) is 0 Å². The fourth-order valence-corrected chi connectivity index (χ4v) is 3.70. The van der Waals surface area contributed by atoms with Crippen LogP contribution in [0.3, 0.4) is 0 Å². The summed E-state index contributed by atoms with van der Waals surface area (Å²) in [7, 11) is 0. The number of benzene rings is 3. The Hall–Kier alpha value is -2.62. The number of aryl methyl sites for hydroxylation is 2. The van der Waals surface area contributed by atoms with Crippen LogP contribution in [0.25, 0.3) is 22.3 Å². The van der Waals surface area contributed by atoms with Crippen LogP contribution in [0.2, 0.25) is 0 Å². The summed E-state index contributed by atoms with van der Waals surface area (Å²) >= 11 is 0. The highest BCUT2D eigenvalue weighted by Crippen LogP contribution is 2.41. The van der Waals surface area contributed by atoms with Crippen molar-refractivity contribution in [3.05, 3.63) is 82.2 Å². The Bertz CT molecular complexity index is 1100. The van der Waals surface area contributed by atoms with Crippen molar-refractivity contribution in [3.8, 4) is 22.3 Å². The standard InChI is InChI=1S/C26H26F4/c1-15-7-9-18(25(4,5)6)11-21(15)23-12-19(26(28,29)30)13-24(17(23)3)22-14-20(27)10-8-16(22)2/h7-14H,1-6H3. The summed E-state index contributed by atoms with van der Waals surface area (Å²) in [6.07, 6.45) is -4.51. The van der Waals surface area contributed by atoms with Crippen molar-refractivity contribution in [2.75, 3.05) is 0 Å². The maximum absolute atomic E-state index is 13.9. The van der Waals surface area contributed by atoms with Gasteiger partial charge < -0.3 is 0 Å². The smallest absolute Gasteiger partial charge is 0.207 e. The van der Waals surface area contributed by atoms with Crippen LogP contribution in [0.5, 0.6) is 0 Å². The summed E-state index contributed by atoms with van der Waals surface area (Å²) in [6.45, 7) is 11.7. The maximum Gasteiger partial charge on any atom is 0.416 e. The van der Waals surface area contributed by atoms with Crippen LogP contribution in [-0.4, -0.2) is 0 Å². The second-order valence-corrected chi connectivity index (χ2v) is 8.93. The van der Waals surface area contributed by atoms with Gasteiger partial charge in [-0.05, 0) is 95.0 Å². The summed E-state index contributed by atoms with van der Waals surface area (Å²) < 4.78 is 55.3. The van der Waals surface area contributed by atoms with Gasteiger partial charge in [-0.2, -0.15) is 13.2 Å². The molecular weight excluding hydrogens is 388 g/mol. The fourth-order valence-electron chi connectivity index (χ4n) is 3.70. The molecule has 0 saturated carbocycles. The zero-order valence-electron chi connectivity index (χ0n) is 18.1. The molecule has 0 aliphatic carbocycles. The molecule has 3 aromatic rings. The highest BCUT2D eigenvalue weighted by molar-refractivity contribution is 5.82. The first-order valence-corrected chi connectivity index (χ1v) is 9.89. The van der Waals surface area contributed by atoms with E-state index in [1.54, 1.807) is 19.9 Å². The molecule has 0 saturated heterocycles. The summed E-state index contributed by atoms with van der Waals surface area (Å²) in [4.78, 5) is 0. The van der Waals surface area contributed by atoms with Gasteiger partial charge in [-0.3, -0.25) is 0 Å². The predicted molar refractivity (Wildman–Crippen MR) is 115 cm³/mol. The fraction of sp³-hybridized carbons (Fsp3) is 0.308. The van der Waals surface area contributed by atoms with E-state index in [0.717, 1.165) is 28.3 Å². The molecule has 0 fully saturated rings. The van der Waals surface area contributed by atoms with Crippen molar-refractivity contribution in [2.45, 2.75) is 53.1 Å². The highest BCUT2D eigenvalue weighted by Gasteiger charge is 2.32. The minimum Gasteiger partial charge on any atom is -0.207 e. The van der Waals surface area contributed by atoms with Crippen LogP contribution >= 0.6 is 0 Å².